The van der Waals surface area contributed by atoms with Crippen LogP contribution in [0.1, 0.15) is 36.8 Å². The fourth-order valence-electron chi connectivity index (χ4n) is 4.20. The summed E-state index contributed by atoms with van der Waals surface area (Å²) in [6.07, 6.45) is 0. The largest absolute Gasteiger partial charge is 0.350 e. The lowest BCUT2D eigenvalue weighted by Gasteiger charge is -2.19. The Bertz CT molecular complexity index is 1570. The number of benzene rings is 3. The highest BCUT2D eigenvalue weighted by Gasteiger charge is 2.22. The van der Waals surface area contributed by atoms with Crippen LogP contribution in [-0.4, -0.2) is 51.4 Å². The highest BCUT2D eigenvalue weighted by Crippen LogP contribution is 2.36. The first kappa shape index (κ1) is 27.7. The summed E-state index contributed by atoms with van der Waals surface area (Å²) in [6, 6.07) is 19.3. The Balaban J connectivity index is 1.73. The predicted molar refractivity (Wildman–Crippen MR) is 156 cm³/mol. The topological polar surface area (TPSA) is 94.3 Å². The Morgan fingerprint density at radius 3 is 2.34 bits per heavy atom. The van der Waals surface area contributed by atoms with Gasteiger partial charge in [0, 0.05) is 40.3 Å². The highest BCUT2D eigenvalue weighted by atomic mass is 35.5. The highest BCUT2D eigenvalue weighted by molar-refractivity contribution is 7.92. The quantitative estimate of drug-likeness (QED) is 0.254. The number of carbonyl (C=O) groups excluding carboxylic acids is 1. The van der Waals surface area contributed by atoms with Crippen molar-refractivity contribution in [3.63, 3.8) is 0 Å². The van der Waals surface area contributed by atoms with E-state index in [1.54, 1.807) is 42.5 Å². The molecule has 0 unspecified atom stereocenters. The van der Waals surface area contributed by atoms with Gasteiger partial charge in [0.1, 0.15) is 5.69 Å². The SMILES string of the molecule is CN(C)CCNC(=O)c1[nH]c2ccc(NS(=O)(=O)c3ccc(C(C)(C)C)cc3)cc2c1-c1cccc(Cl)c1. The van der Waals surface area contributed by atoms with Gasteiger partial charge in [-0.1, -0.05) is 56.6 Å². The molecule has 9 heteroatoms. The Hall–Kier alpha value is -3.33. The molecule has 0 bridgehead atoms. The van der Waals surface area contributed by atoms with Crippen LogP contribution in [0, 0.1) is 0 Å². The number of fused-ring (bicyclic) bond motifs is 1. The minimum Gasteiger partial charge on any atom is -0.350 e. The Labute approximate surface area is 229 Å². The van der Waals surface area contributed by atoms with Gasteiger partial charge in [0.25, 0.3) is 15.9 Å². The number of sulfonamides is 1. The van der Waals surface area contributed by atoms with E-state index in [1.807, 2.05) is 43.3 Å². The number of halogens is 1. The summed E-state index contributed by atoms with van der Waals surface area (Å²) in [5.74, 6) is -0.251. The molecule has 7 nitrogen and oxygen atoms in total. The molecule has 200 valence electrons. The summed E-state index contributed by atoms with van der Waals surface area (Å²) >= 11 is 6.28. The van der Waals surface area contributed by atoms with Crippen LogP contribution >= 0.6 is 11.6 Å². The van der Waals surface area contributed by atoms with Crippen molar-refractivity contribution >= 4 is 44.1 Å². The lowest BCUT2D eigenvalue weighted by molar-refractivity contribution is 0.0947. The van der Waals surface area contributed by atoms with Crippen molar-refractivity contribution in [2.24, 2.45) is 0 Å². The van der Waals surface area contributed by atoms with E-state index in [0.29, 0.717) is 46.0 Å². The van der Waals surface area contributed by atoms with Crippen molar-refractivity contribution in [2.75, 3.05) is 31.9 Å². The van der Waals surface area contributed by atoms with Gasteiger partial charge in [-0.05, 0) is 73.1 Å². The zero-order valence-corrected chi connectivity index (χ0v) is 23.8. The van der Waals surface area contributed by atoms with Gasteiger partial charge in [0.2, 0.25) is 0 Å². The van der Waals surface area contributed by atoms with Gasteiger partial charge in [0.15, 0.2) is 0 Å². The number of nitrogens with one attached hydrogen (secondary N) is 3. The molecule has 1 amide bonds. The molecule has 3 aromatic carbocycles. The van der Waals surface area contributed by atoms with E-state index in [2.05, 4.69) is 35.8 Å². The number of hydrogen-bond donors (Lipinski definition) is 3. The minimum atomic E-state index is -3.82. The maximum atomic E-state index is 13.2. The van der Waals surface area contributed by atoms with Crippen LogP contribution in [0.4, 0.5) is 5.69 Å². The van der Waals surface area contributed by atoms with Crippen LogP contribution < -0.4 is 10.0 Å². The first-order valence-corrected chi connectivity index (χ1v) is 14.2. The van der Waals surface area contributed by atoms with E-state index in [1.165, 1.54) is 0 Å². The molecule has 38 heavy (non-hydrogen) atoms. The molecule has 0 aliphatic carbocycles. The molecule has 0 atom stereocenters. The molecular formula is C29H33ClN4O3S. The van der Waals surface area contributed by atoms with Crippen LogP contribution in [0.25, 0.3) is 22.0 Å². The Morgan fingerprint density at radius 1 is 1.00 bits per heavy atom. The van der Waals surface area contributed by atoms with E-state index in [-0.39, 0.29) is 16.2 Å². The van der Waals surface area contributed by atoms with Gasteiger partial charge in [-0.15, -0.1) is 0 Å². The maximum Gasteiger partial charge on any atom is 0.268 e. The number of amides is 1. The maximum absolute atomic E-state index is 13.2. The predicted octanol–water partition coefficient (Wildman–Crippen LogP) is 5.88. The molecule has 0 radical (unpaired) electrons. The summed E-state index contributed by atoms with van der Waals surface area (Å²) in [7, 11) is 0.0536. The van der Waals surface area contributed by atoms with Gasteiger partial charge < -0.3 is 15.2 Å². The van der Waals surface area contributed by atoms with Crippen LogP contribution in [0.3, 0.4) is 0 Å². The summed E-state index contributed by atoms with van der Waals surface area (Å²) in [6.45, 7) is 7.41. The van der Waals surface area contributed by atoms with Crippen molar-refractivity contribution in [3.8, 4) is 11.1 Å². The number of anilines is 1. The summed E-state index contributed by atoms with van der Waals surface area (Å²) < 4.78 is 29.0. The van der Waals surface area contributed by atoms with E-state index >= 15 is 0 Å². The number of rotatable bonds is 8. The lowest BCUT2D eigenvalue weighted by Crippen LogP contribution is -2.31. The first-order chi connectivity index (χ1) is 17.8. The number of carbonyl (C=O) groups is 1. The molecule has 4 aromatic rings. The van der Waals surface area contributed by atoms with E-state index in [4.69, 9.17) is 11.6 Å². The molecule has 0 aliphatic heterocycles. The summed E-state index contributed by atoms with van der Waals surface area (Å²) in [4.78, 5) is 18.5. The second kappa shape index (κ2) is 10.8. The van der Waals surface area contributed by atoms with E-state index in [9.17, 15) is 13.2 Å². The Morgan fingerprint density at radius 2 is 1.71 bits per heavy atom. The van der Waals surface area contributed by atoms with Crippen molar-refractivity contribution in [2.45, 2.75) is 31.1 Å². The van der Waals surface area contributed by atoms with Crippen molar-refractivity contribution in [1.82, 2.24) is 15.2 Å². The number of aromatic amines is 1. The number of nitrogens with zero attached hydrogens (tertiary/aromatic N) is 1. The van der Waals surface area contributed by atoms with Gasteiger partial charge in [-0.2, -0.15) is 0 Å². The molecule has 0 spiro atoms. The van der Waals surface area contributed by atoms with Gasteiger partial charge >= 0.3 is 0 Å². The fraction of sp³-hybridized carbons (Fsp3) is 0.276. The van der Waals surface area contributed by atoms with Crippen LogP contribution in [0.2, 0.25) is 5.02 Å². The average molecular weight is 553 g/mol. The molecule has 3 N–H and O–H groups in total. The van der Waals surface area contributed by atoms with Crippen LogP contribution in [0.15, 0.2) is 71.6 Å². The number of hydrogen-bond acceptors (Lipinski definition) is 4. The summed E-state index contributed by atoms with van der Waals surface area (Å²) in [5.41, 5.74) is 3.85. The third-order valence-electron chi connectivity index (χ3n) is 6.27. The monoisotopic (exact) mass is 552 g/mol. The zero-order valence-electron chi connectivity index (χ0n) is 22.2. The standard InChI is InChI=1S/C29H33ClN4O3S/c1-29(2,3)20-9-12-23(13-10-20)38(36,37)33-22-11-14-25-24(18-22)26(19-7-6-8-21(30)17-19)27(32-25)28(35)31-15-16-34(4)5/h6-14,17-18,32-33H,15-16H2,1-5H3,(H,31,35). The van der Waals surface area contributed by atoms with Crippen LogP contribution in [0.5, 0.6) is 0 Å². The van der Waals surface area contributed by atoms with E-state index in [0.717, 1.165) is 11.1 Å². The molecule has 1 heterocycles. The van der Waals surface area contributed by atoms with Crippen molar-refractivity contribution in [1.29, 1.82) is 0 Å². The molecule has 0 saturated carbocycles. The van der Waals surface area contributed by atoms with Gasteiger partial charge in [-0.25, -0.2) is 8.42 Å². The third kappa shape index (κ3) is 6.20. The summed E-state index contributed by atoms with van der Waals surface area (Å²) in [5, 5.41) is 4.18. The number of likely N-dealkylation sites (N-methyl/N-ethyl adjacent to an activating group) is 1. The lowest BCUT2D eigenvalue weighted by atomic mass is 9.87. The first-order valence-electron chi connectivity index (χ1n) is 12.3. The number of aromatic nitrogens is 1. The van der Waals surface area contributed by atoms with Gasteiger partial charge in [0.05, 0.1) is 4.90 Å². The normalized spacial score (nSPS) is 12.2. The minimum absolute atomic E-state index is 0.0811. The fourth-order valence-corrected chi connectivity index (χ4v) is 5.44. The zero-order chi connectivity index (χ0) is 27.7. The smallest absolute Gasteiger partial charge is 0.268 e. The van der Waals surface area contributed by atoms with Crippen molar-refractivity contribution < 1.29 is 13.2 Å². The molecule has 4 rings (SSSR count). The van der Waals surface area contributed by atoms with Gasteiger partial charge in [-0.3, -0.25) is 9.52 Å². The number of H-pyrrole nitrogens is 1. The van der Waals surface area contributed by atoms with Crippen molar-refractivity contribution in [3.05, 3.63) is 83.0 Å². The molecule has 0 fully saturated rings. The average Bonchev–Trinajstić information content (AvgIpc) is 3.22. The second-order valence-electron chi connectivity index (χ2n) is 10.6. The molecule has 0 aliphatic rings. The second-order valence-corrected chi connectivity index (χ2v) is 12.7. The molecule has 1 aromatic heterocycles. The van der Waals surface area contributed by atoms with E-state index < -0.39 is 10.0 Å². The third-order valence-corrected chi connectivity index (χ3v) is 7.90. The molecular weight excluding hydrogens is 520 g/mol. The Kier molecular flexibility index (Phi) is 7.88. The molecule has 0 saturated heterocycles. The van der Waals surface area contributed by atoms with Crippen LogP contribution in [-0.2, 0) is 15.4 Å².